The number of hydrogen-bond acceptors (Lipinski definition) is 5. The van der Waals surface area contributed by atoms with Gasteiger partial charge in [0.1, 0.15) is 0 Å². The molecule has 0 aliphatic carbocycles. The van der Waals surface area contributed by atoms with Crippen LogP contribution in [-0.4, -0.2) is 18.6 Å². The van der Waals surface area contributed by atoms with Crippen LogP contribution in [0.1, 0.15) is 24.5 Å². The maximum atomic E-state index is 12.0. The molecule has 1 unspecified atom stereocenters. The third-order valence-electron chi connectivity index (χ3n) is 2.88. The van der Waals surface area contributed by atoms with Crippen LogP contribution in [0.3, 0.4) is 0 Å². The van der Waals surface area contributed by atoms with Crippen LogP contribution < -0.4 is 4.72 Å². The maximum Gasteiger partial charge on any atom is 0.272 e. The molecule has 1 atom stereocenters. The third kappa shape index (κ3) is 3.24. The molecule has 0 fully saturated rings. The molecule has 0 saturated carbocycles. The normalized spacial score (nSPS) is 12.5. The summed E-state index contributed by atoms with van der Waals surface area (Å²) in [4.78, 5) is 10.3. The summed E-state index contributed by atoms with van der Waals surface area (Å²) in [6.07, 6.45) is 0.164. The molecular weight excluding hydrogens is 282 g/mol. The molecule has 0 amide bonds. The number of anilines is 1. The first kappa shape index (κ1) is 15.9. The van der Waals surface area contributed by atoms with Crippen molar-refractivity contribution in [3.8, 4) is 6.07 Å². The van der Waals surface area contributed by atoms with Crippen LogP contribution in [0, 0.1) is 35.3 Å². The number of aryl methyl sites for hydroxylation is 2. The first-order valence-electron chi connectivity index (χ1n) is 5.89. The molecule has 1 aromatic carbocycles. The lowest BCUT2D eigenvalue weighted by atomic mass is 10.1. The van der Waals surface area contributed by atoms with Gasteiger partial charge < -0.3 is 0 Å². The first-order chi connectivity index (χ1) is 9.22. The van der Waals surface area contributed by atoms with Gasteiger partial charge in [-0.25, -0.2) is 8.42 Å². The molecule has 0 aliphatic rings. The highest BCUT2D eigenvalue weighted by Crippen LogP contribution is 2.27. The first-order valence-corrected chi connectivity index (χ1v) is 7.44. The highest BCUT2D eigenvalue weighted by Gasteiger charge is 2.24. The second-order valence-electron chi connectivity index (χ2n) is 4.38. The molecule has 0 bridgehead atoms. The Labute approximate surface area is 117 Å². The van der Waals surface area contributed by atoms with Gasteiger partial charge in [-0.15, -0.1) is 0 Å². The zero-order valence-corrected chi connectivity index (χ0v) is 12.2. The van der Waals surface area contributed by atoms with Crippen molar-refractivity contribution in [2.75, 3.05) is 4.72 Å². The van der Waals surface area contributed by atoms with Crippen LogP contribution in [-0.2, 0) is 10.0 Å². The predicted octanol–water partition coefficient (Wildman–Crippen LogP) is 2.26. The Balaban J connectivity index is 3.21. The van der Waals surface area contributed by atoms with E-state index in [1.807, 2.05) is 0 Å². The number of sulfonamides is 1. The van der Waals surface area contributed by atoms with Gasteiger partial charge in [0.25, 0.3) is 5.69 Å². The van der Waals surface area contributed by atoms with Crippen molar-refractivity contribution in [3.05, 3.63) is 33.4 Å². The molecule has 0 radical (unpaired) electrons. The summed E-state index contributed by atoms with van der Waals surface area (Å²) in [5, 5.41) is 18.5. The van der Waals surface area contributed by atoms with Crippen molar-refractivity contribution in [1.82, 2.24) is 0 Å². The van der Waals surface area contributed by atoms with Gasteiger partial charge in [-0.1, -0.05) is 6.92 Å². The van der Waals surface area contributed by atoms with Crippen molar-refractivity contribution >= 4 is 21.4 Å². The summed E-state index contributed by atoms with van der Waals surface area (Å²) >= 11 is 0. The van der Waals surface area contributed by atoms with E-state index in [1.165, 1.54) is 19.1 Å². The van der Waals surface area contributed by atoms with E-state index >= 15 is 0 Å². The van der Waals surface area contributed by atoms with Crippen molar-refractivity contribution in [2.45, 2.75) is 32.4 Å². The third-order valence-corrected chi connectivity index (χ3v) is 4.57. The van der Waals surface area contributed by atoms with Gasteiger partial charge in [-0.2, -0.15) is 5.26 Å². The standard InChI is InChI=1S/C12H15N3O4S/c1-4-10(7-13)20(18,19)14-11-5-9(3)12(15(16)17)6-8(11)2/h5-6,10,14H,4H2,1-3H3. The summed E-state index contributed by atoms with van der Waals surface area (Å²) in [6.45, 7) is 4.69. The van der Waals surface area contributed by atoms with E-state index in [1.54, 1.807) is 19.9 Å². The van der Waals surface area contributed by atoms with E-state index in [2.05, 4.69) is 4.72 Å². The number of benzene rings is 1. The molecule has 1 N–H and O–H groups in total. The van der Waals surface area contributed by atoms with Crippen molar-refractivity contribution in [1.29, 1.82) is 5.26 Å². The molecule has 108 valence electrons. The van der Waals surface area contributed by atoms with Crippen LogP contribution in [0.2, 0.25) is 0 Å². The molecule has 0 heterocycles. The second-order valence-corrected chi connectivity index (χ2v) is 6.25. The van der Waals surface area contributed by atoms with Crippen molar-refractivity contribution in [2.24, 2.45) is 0 Å². The predicted molar refractivity (Wildman–Crippen MR) is 74.8 cm³/mol. The average Bonchev–Trinajstić information content (AvgIpc) is 2.33. The molecule has 7 nitrogen and oxygen atoms in total. The topological polar surface area (TPSA) is 113 Å². The largest absolute Gasteiger partial charge is 0.282 e. The Morgan fingerprint density at radius 2 is 2.00 bits per heavy atom. The fraction of sp³-hybridized carbons (Fsp3) is 0.417. The van der Waals surface area contributed by atoms with Crippen LogP contribution in [0.25, 0.3) is 0 Å². The minimum absolute atomic E-state index is 0.0715. The lowest BCUT2D eigenvalue weighted by Crippen LogP contribution is -2.26. The number of nitro groups is 1. The molecule has 20 heavy (non-hydrogen) atoms. The minimum Gasteiger partial charge on any atom is -0.282 e. The van der Waals surface area contributed by atoms with Crippen LogP contribution in [0.5, 0.6) is 0 Å². The number of nitrogens with zero attached hydrogens (tertiary/aromatic N) is 2. The number of rotatable bonds is 5. The SMILES string of the molecule is CCC(C#N)S(=O)(=O)Nc1cc(C)c([N+](=O)[O-])cc1C. The molecular formula is C12H15N3O4S. The van der Waals surface area contributed by atoms with E-state index in [4.69, 9.17) is 5.26 Å². The highest BCUT2D eigenvalue weighted by atomic mass is 32.2. The number of nitriles is 1. The molecule has 0 spiro atoms. The second kappa shape index (κ2) is 5.88. The minimum atomic E-state index is -3.83. The van der Waals surface area contributed by atoms with Gasteiger partial charge in [0, 0.05) is 11.6 Å². The molecule has 0 aromatic heterocycles. The zero-order valence-electron chi connectivity index (χ0n) is 11.4. The van der Waals surface area contributed by atoms with Crippen LogP contribution in [0.4, 0.5) is 11.4 Å². The van der Waals surface area contributed by atoms with E-state index in [9.17, 15) is 18.5 Å². The molecule has 0 saturated heterocycles. The Morgan fingerprint density at radius 1 is 1.40 bits per heavy atom. The van der Waals surface area contributed by atoms with Gasteiger partial charge in [-0.05, 0) is 31.9 Å². The van der Waals surface area contributed by atoms with Crippen molar-refractivity contribution < 1.29 is 13.3 Å². The van der Waals surface area contributed by atoms with E-state index < -0.39 is 20.2 Å². The van der Waals surface area contributed by atoms with Crippen molar-refractivity contribution in [3.63, 3.8) is 0 Å². The van der Waals surface area contributed by atoms with Gasteiger partial charge in [0.05, 0.1) is 16.7 Å². The molecule has 1 aromatic rings. The fourth-order valence-corrected chi connectivity index (χ4v) is 2.96. The number of nitrogens with one attached hydrogen (secondary N) is 1. The van der Waals surface area contributed by atoms with Crippen LogP contribution in [0.15, 0.2) is 12.1 Å². The summed E-state index contributed by atoms with van der Waals surface area (Å²) < 4.78 is 26.3. The Kier molecular flexibility index (Phi) is 4.68. The maximum absolute atomic E-state index is 12.0. The molecule has 1 rings (SSSR count). The van der Waals surface area contributed by atoms with E-state index in [0.29, 0.717) is 11.1 Å². The Hall–Kier alpha value is -2.14. The lowest BCUT2D eigenvalue weighted by Gasteiger charge is -2.13. The quantitative estimate of drug-likeness (QED) is 0.661. The fourth-order valence-electron chi connectivity index (χ4n) is 1.71. The number of nitro benzene ring substituents is 1. The van der Waals surface area contributed by atoms with Gasteiger partial charge in [0.15, 0.2) is 5.25 Å². The van der Waals surface area contributed by atoms with E-state index in [0.717, 1.165) is 0 Å². The van der Waals surface area contributed by atoms with Gasteiger partial charge >= 0.3 is 0 Å². The van der Waals surface area contributed by atoms with Gasteiger partial charge in [0.2, 0.25) is 10.0 Å². The summed E-state index contributed by atoms with van der Waals surface area (Å²) in [5.74, 6) is 0. The summed E-state index contributed by atoms with van der Waals surface area (Å²) in [6, 6.07) is 4.42. The van der Waals surface area contributed by atoms with Crippen LogP contribution >= 0.6 is 0 Å². The average molecular weight is 297 g/mol. The van der Waals surface area contributed by atoms with Gasteiger partial charge in [-0.3, -0.25) is 14.8 Å². The monoisotopic (exact) mass is 297 g/mol. The summed E-state index contributed by atoms with van der Waals surface area (Å²) in [7, 11) is -3.83. The zero-order chi connectivity index (χ0) is 15.5. The van der Waals surface area contributed by atoms with E-state index in [-0.39, 0.29) is 17.8 Å². The highest BCUT2D eigenvalue weighted by molar-refractivity contribution is 7.93. The smallest absolute Gasteiger partial charge is 0.272 e. The Morgan fingerprint density at radius 3 is 2.45 bits per heavy atom. The molecule has 0 aliphatic heterocycles. The summed E-state index contributed by atoms with van der Waals surface area (Å²) in [5.41, 5.74) is 0.960. The lowest BCUT2D eigenvalue weighted by molar-refractivity contribution is -0.385. The Bertz CT molecular complexity index is 677. The molecule has 8 heteroatoms. The number of hydrogen-bond donors (Lipinski definition) is 1.